The number of benzene rings is 1. The first-order valence-corrected chi connectivity index (χ1v) is 9.91. The number of nitrogens with zero attached hydrogens (tertiary/aromatic N) is 1. The van der Waals surface area contributed by atoms with Crippen molar-refractivity contribution >= 4 is 21.6 Å². The van der Waals surface area contributed by atoms with Crippen molar-refractivity contribution < 1.29 is 22.4 Å². The minimum atomic E-state index is -3.73. The first-order chi connectivity index (χ1) is 12.4. The summed E-state index contributed by atoms with van der Waals surface area (Å²) >= 11 is 0. The third kappa shape index (κ3) is 4.51. The van der Waals surface area contributed by atoms with Crippen LogP contribution in [0.15, 0.2) is 52.0 Å². The van der Waals surface area contributed by atoms with Gasteiger partial charge in [0.25, 0.3) is 0 Å². The summed E-state index contributed by atoms with van der Waals surface area (Å²) in [6.07, 6.45) is 3.18. The summed E-state index contributed by atoms with van der Waals surface area (Å²) in [6.45, 7) is 2.47. The first-order valence-electron chi connectivity index (χ1n) is 8.47. The normalized spacial score (nSPS) is 17.5. The Morgan fingerprint density at radius 1 is 1.27 bits per heavy atom. The van der Waals surface area contributed by atoms with E-state index in [0.717, 1.165) is 12.8 Å². The molecular formula is C18H22N2O5S. The smallest absolute Gasteiger partial charge is 0.243 e. The minimum Gasteiger partial charge on any atom is -0.468 e. The molecule has 0 aliphatic carbocycles. The van der Waals surface area contributed by atoms with E-state index in [0.29, 0.717) is 18.1 Å². The number of amides is 1. The zero-order valence-corrected chi connectivity index (χ0v) is 15.4. The molecule has 1 aliphatic heterocycles. The van der Waals surface area contributed by atoms with Gasteiger partial charge in [0, 0.05) is 25.8 Å². The lowest BCUT2D eigenvalue weighted by molar-refractivity contribution is -0.114. The average Bonchev–Trinajstić information content (AvgIpc) is 3.28. The maximum atomic E-state index is 13.1. The molecule has 1 aliphatic rings. The van der Waals surface area contributed by atoms with E-state index < -0.39 is 10.0 Å². The van der Waals surface area contributed by atoms with E-state index >= 15 is 0 Å². The highest BCUT2D eigenvalue weighted by molar-refractivity contribution is 7.89. The van der Waals surface area contributed by atoms with Crippen LogP contribution in [-0.4, -0.2) is 37.9 Å². The SMILES string of the molecule is CC(=O)Nc1ccc(S(=O)(=O)N(Cc2ccco2)C[C@H]2CCCO2)cc1. The van der Waals surface area contributed by atoms with Gasteiger partial charge in [-0.1, -0.05) is 0 Å². The van der Waals surface area contributed by atoms with Crippen molar-refractivity contribution in [2.24, 2.45) is 0 Å². The van der Waals surface area contributed by atoms with Crippen LogP contribution in [-0.2, 0) is 26.1 Å². The molecule has 2 heterocycles. The molecule has 0 spiro atoms. The van der Waals surface area contributed by atoms with Gasteiger partial charge in [0.05, 0.1) is 23.8 Å². The van der Waals surface area contributed by atoms with E-state index in [4.69, 9.17) is 9.15 Å². The summed E-state index contributed by atoms with van der Waals surface area (Å²) in [7, 11) is -3.73. The summed E-state index contributed by atoms with van der Waals surface area (Å²) in [6, 6.07) is 9.61. The summed E-state index contributed by atoms with van der Waals surface area (Å²) in [4.78, 5) is 11.3. The zero-order chi connectivity index (χ0) is 18.6. The van der Waals surface area contributed by atoms with Gasteiger partial charge < -0.3 is 14.5 Å². The highest BCUT2D eigenvalue weighted by Crippen LogP contribution is 2.23. The summed E-state index contributed by atoms with van der Waals surface area (Å²) in [5.74, 6) is 0.361. The van der Waals surface area contributed by atoms with Crippen LogP contribution < -0.4 is 5.32 Å². The average molecular weight is 378 g/mol. The van der Waals surface area contributed by atoms with Crippen molar-refractivity contribution in [3.63, 3.8) is 0 Å². The van der Waals surface area contributed by atoms with Gasteiger partial charge in [0.1, 0.15) is 5.76 Å². The third-order valence-corrected chi connectivity index (χ3v) is 5.98. The fraction of sp³-hybridized carbons (Fsp3) is 0.389. The number of rotatable bonds is 7. The summed E-state index contributed by atoms with van der Waals surface area (Å²) in [5, 5.41) is 2.63. The predicted molar refractivity (Wildman–Crippen MR) is 96.0 cm³/mol. The molecule has 1 N–H and O–H groups in total. The van der Waals surface area contributed by atoms with Crippen molar-refractivity contribution in [2.75, 3.05) is 18.5 Å². The van der Waals surface area contributed by atoms with Crippen LogP contribution in [0.4, 0.5) is 5.69 Å². The van der Waals surface area contributed by atoms with Crippen molar-refractivity contribution in [3.05, 3.63) is 48.4 Å². The Morgan fingerprint density at radius 3 is 2.62 bits per heavy atom. The fourth-order valence-electron chi connectivity index (χ4n) is 2.90. The van der Waals surface area contributed by atoms with Gasteiger partial charge in [-0.05, 0) is 49.2 Å². The molecule has 1 saturated heterocycles. The lowest BCUT2D eigenvalue weighted by Crippen LogP contribution is -2.36. The molecule has 26 heavy (non-hydrogen) atoms. The van der Waals surface area contributed by atoms with Crippen LogP contribution in [0.3, 0.4) is 0 Å². The Kier molecular flexibility index (Phi) is 5.75. The summed E-state index contributed by atoms with van der Waals surface area (Å²) < 4.78 is 38.6. The molecule has 3 rings (SSSR count). The summed E-state index contributed by atoms with van der Waals surface area (Å²) in [5.41, 5.74) is 0.549. The van der Waals surface area contributed by atoms with Gasteiger partial charge in [-0.25, -0.2) is 8.42 Å². The van der Waals surface area contributed by atoms with E-state index in [2.05, 4.69) is 5.32 Å². The zero-order valence-electron chi connectivity index (χ0n) is 14.6. The molecule has 8 heteroatoms. The Hall–Kier alpha value is -2.16. The van der Waals surface area contributed by atoms with Crippen LogP contribution in [0.5, 0.6) is 0 Å². The number of carbonyl (C=O) groups is 1. The quantitative estimate of drug-likeness (QED) is 0.800. The highest BCUT2D eigenvalue weighted by Gasteiger charge is 2.29. The van der Waals surface area contributed by atoms with Crippen LogP contribution in [0, 0.1) is 0 Å². The first kappa shape index (κ1) is 18.6. The molecule has 1 aromatic carbocycles. The van der Waals surface area contributed by atoms with Gasteiger partial charge in [-0.15, -0.1) is 0 Å². The third-order valence-electron chi connectivity index (χ3n) is 4.16. The molecule has 0 unspecified atom stereocenters. The molecular weight excluding hydrogens is 356 g/mol. The van der Waals surface area contributed by atoms with E-state index in [1.807, 2.05) is 0 Å². The Morgan fingerprint density at radius 2 is 2.04 bits per heavy atom. The molecule has 1 aromatic heterocycles. The minimum absolute atomic E-state index is 0.113. The lowest BCUT2D eigenvalue weighted by atomic mass is 10.2. The van der Waals surface area contributed by atoms with Crippen LogP contribution in [0.25, 0.3) is 0 Å². The van der Waals surface area contributed by atoms with Crippen LogP contribution in [0.1, 0.15) is 25.5 Å². The molecule has 0 bridgehead atoms. The number of sulfonamides is 1. The van der Waals surface area contributed by atoms with Gasteiger partial charge in [0.2, 0.25) is 15.9 Å². The van der Waals surface area contributed by atoms with Crippen LogP contribution >= 0.6 is 0 Å². The molecule has 2 aromatic rings. The Labute approximate surface area is 153 Å². The monoisotopic (exact) mass is 378 g/mol. The second-order valence-electron chi connectivity index (χ2n) is 6.22. The molecule has 1 fully saturated rings. The van der Waals surface area contributed by atoms with Crippen molar-refractivity contribution in [1.82, 2.24) is 4.31 Å². The molecule has 0 saturated carbocycles. The lowest BCUT2D eigenvalue weighted by Gasteiger charge is -2.24. The van der Waals surface area contributed by atoms with Gasteiger partial charge in [0.15, 0.2) is 0 Å². The number of carbonyl (C=O) groups excluding carboxylic acids is 1. The topological polar surface area (TPSA) is 88.9 Å². The van der Waals surface area contributed by atoms with Crippen molar-refractivity contribution in [3.8, 4) is 0 Å². The number of hydrogen-bond acceptors (Lipinski definition) is 5. The predicted octanol–water partition coefficient (Wildman–Crippen LogP) is 2.61. The number of furan rings is 1. The van der Waals surface area contributed by atoms with Gasteiger partial charge >= 0.3 is 0 Å². The maximum Gasteiger partial charge on any atom is 0.243 e. The van der Waals surface area contributed by atoms with E-state index in [9.17, 15) is 13.2 Å². The second-order valence-corrected chi connectivity index (χ2v) is 8.16. The Balaban J connectivity index is 1.83. The molecule has 0 radical (unpaired) electrons. The van der Waals surface area contributed by atoms with Crippen molar-refractivity contribution in [2.45, 2.75) is 37.3 Å². The van der Waals surface area contributed by atoms with Crippen LogP contribution in [0.2, 0.25) is 0 Å². The second kappa shape index (κ2) is 8.03. The number of ether oxygens (including phenoxy) is 1. The van der Waals surface area contributed by atoms with E-state index in [-0.39, 0.29) is 30.0 Å². The van der Waals surface area contributed by atoms with Crippen molar-refractivity contribution in [1.29, 1.82) is 0 Å². The van der Waals surface area contributed by atoms with Gasteiger partial charge in [-0.3, -0.25) is 4.79 Å². The maximum absolute atomic E-state index is 13.1. The molecule has 140 valence electrons. The standard InChI is InChI=1S/C18H22N2O5S/c1-14(21)19-15-6-8-18(9-7-15)26(22,23)20(12-16-4-2-10-24-16)13-17-5-3-11-25-17/h2,4,6-10,17H,3,5,11-13H2,1H3,(H,19,21)/t17-/m1/s1. The van der Waals surface area contributed by atoms with Gasteiger partial charge in [-0.2, -0.15) is 4.31 Å². The molecule has 1 atom stereocenters. The highest BCUT2D eigenvalue weighted by atomic mass is 32.2. The number of hydrogen-bond donors (Lipinski definition) is 1. The largest absolute Gasteiger partial charge is 0.468 e. The molecule has 7 nitrogen and oxygen atoms in total. The van der Waals surface area contributed by atoms with E-state index in [1.54, 1.807) is 24.3 Å². The Bertz CT molecular complexity index is 825. The molecule has 1 amide bonds. The fourth-order valence-corrected chi connectivity index (χ4v) is 4.34. The number of nitrogens with one attached hydrogen (secondary N) is 1. The van der Waals surface area contributed by atoms with E-state index in [1.165, 1.54) is 29.6 Å². The number of anilines is 1.